The number of benzene rings is 1. The summed E-state index contributed by atoms with van der Waals surface area (Å²) >= 11 is 0. The molecule has 0 saturated carbocycles. The van der Waals surface area contributed by atoms with Gasteiger partial charge in [-0.2, -0.15) is 13.2 Å². The summed E-state index contributed by atoms with van der Waals surface area (Å²) in [5.74, 6) is -0.243. The van der Waals surface area contributed by atoms with Crippen LogP contribution in [0.25, 0.3) is 0 Å². The van der Waals surface area contributed by atoms with Crippen LogP contribution in [0.15, 0.2) is 24.3 Å². The molecule has 0 aliphatic carbocycles. The predicted molar refractivity (Wildman–Crippen MR) is 81.0 cm³/mol. The monoisotopic (exact) mass is 340 g/mol. The topological polar surface area (TPSA) is 49.4 Å². The van der Waals surface area contributed by atoms with Gasteiger partial charge in [-0.3, -0.25) is 9.59 Å². The lowest BCUT2D eigenvalue weighted by Gasteiger charge is -2.32. The highest BCUT2D eigenvalue weighted by molar-refractivity contribution is 5.86. The Kier molecular flexibility index (Phi) is 4.27. The Balaban J connectivity index is 1.67. The van der Waals surface area contributed by atoms with Crippen molar-refractivity contribution in [2.75, 3.05) is 19.6 Å². The van der Waals surface area contributed by atoms with Crippen molar-refractivity contribution in [3.63, 3.8) is 0 Å². The van der Waals surface area contributed by atoms with E-state index in [-0.39, 0.29) is 18.2 Å². The van der Waals surface area contributed by atoms with Gasteiger partial charge >= 0.3 is 6.18 Å². The zero-order chi connectivity index (χ0) is 17.4. The molecule has 2 aliphatic heterocycles. The fourth-order valence-electron chi connectivity index (χ4n) is 3.55. The molecule has 2 fully saturated rings. The first-order valence-electron chi connectivity index (χ1n) is 8.02. The zero-order valence-electron chi connectivity index (χ0n) is 13.2. The normalized spacial score (nSPS) is 24.3. The van der Waals surface area contributed by atoms with Crippen molar-refractivity contribution >= 4 is 11.8 Å². The van der Waals surface area contributed by atoms with E-state index in [1.54, 1.807) is 4.90 Å². The maximum atomic E-state index is 12.7. The van der Waals surface area contributed by atoms with Crippen LogP contribution in [0.4, 0.5) is 13.2 Å². The van der Waals surface area contributed by atoms with Gasteiger partial charge in [0.05, 0.1) is 17.4 Å². The summed E-state index contributed by atoms with van der Waals surface area (Å²) in [5, 5.41) is 2.85. The molecule has 7 heteroatoms. The average Bonchev–Trinajstić information content (AvgIpc) is 2.95. The number of alkyl halides is 3. The molecule has 0 aromatic heterocycles. The second kappa shape index (κ2) is 6.11. The largest absolute Gasteiger partial charge is 0.416 e. The maximum absolute atomic E-state index is 12.7. The summed E-state index contributed by atoms with van der Waals surface area (Å²) in [6.45, 7) is 1.50. The Morgan fingerprint density at radius 3 is 2.79 bits per heavy atom. The Hall–Kier alpha value is -2.05. The molecule has 130 valence electrons. The summed E-state index contributed by atoms with van der Waals surface area (Å²) in [7, 11) is 0. The fourth-order valence-corrected chi connectivity index (χ4v) is 3.55. The molecule has 2 aliphatic rings. The second-order valence-electron chi connectivity index (χ2n) is 6.58. The lowest BCUT2D eigenvalue weighted by atomic mass is 9.79. The first kappa shape index (κ1) is 16.8. The molecule has 4 nitrogen and oxygen atoms in total. The SMILES string of the molecule is O=C(Cc1cccc(C(F)(F)F)c1)N1CC[C@]2(CCCNC2=O)C1. The molecule has 0 bridgehead atoms. The van der Waals surface area contributed by atoms with E-state index in [9.17, 15) is 22.8 Å². The molecule has 0 radical (unpaired) electrons. The number of rotatable bonds is 2. The molecular formula is C17H19F3N2O2. The molecule has 1 atom stereocenters. The van der Waals surface area contributed by atoms with Crippen LogP contribution in [-0.2, 0) is 22.2 Å². The summed E-state index contributed by atoms with van der Waals surface area (Å²) in [6.07, 6.45) is -2.24. The number of piperidine rings is 1. The Labute approximate surface area is 138 Å². The van der Waals surface area contributed by atoms with Gasteiger partial charge in [-0.1, -0.05) is 18.2 Å². The van der Waals surface area contributed by atoms with Crippen molar-refractivity contribution in [1.82, 2.24) is 10.2 Å². The van der Waals surface area contributed by atoms with Crippen LogP contribution in [0, 0.1) is 5.41 Å². The predicted octanol–water partition coefficient (Wildman–Crippen LogP) is 2.38. The van der Waals surface area contributed by atoms with E-state index in [1.165, 1.54) is 12.1 Å². The fraction of sp³-hybridized carbons (Fsp3) is 0.529. The van der Waals surface area contributed by atoms with Crippen LogP contribution in [0.1, 0.15) is 30.4 Å². The number of nitrogens with zero attached hydrogens (tertiary/aromatic N) is 1. The van der Waals surface area contributed by atoms with Gasteiger partial charge in [0.1, 0.15) is 0 Å². The third-order valence-corrected chi connectivity index (χ3v) is 4.92. The van der Waals surface area contributed by atoms with E-state index in [0.29, 0.717) is 31.6 Å². The third-order valence-electron chi connectivity index (χ3n) is 4.92. The van der Waals surface area contributed by atoms with E-state index in [0.717, 1.165) is 25.0 Å². The molecule has 2 heterocycles. The van der Waals surface area contributed by atoms with E-state index < -0.39 is 17.2 Å². The van der Waals surface area contributed by atoms with Crippen molar-refractivity contribution in [3.8, 4) is 0 Å². The van der Waals surface area contributed by atoms with E-state index in [2.05, 4.69) is 5.32 Å². The molecule has 1 aromatic carbocycles. The van der Waals surface area contributed by atoms with Crippen LogP contribution >= 0.6 is 0 Å². The standard InChI is InChI=1S/C17H19F3N2O2/c18-17(19,20)13-4-1-3-12(9-13)10-14(23)22-8-6-16(11-22)5-2-7-21-15(16)24/h1,3-4,9H,2,5-8,10-11H2,(H,21,24)/t16-/m1/s1. The third kappa shape index (κ3) is 3.25. The lowest BCUT2D eigenvalue weighted by molar-refractivity contribution is -0.138. The number of halogens is 3. The molecule has 1 spiro atoms. The molecule has 2 amide bonds. The molecule has 24 heavy (non-hydrogen) atoms. The van der Waals surface area contributed by atoms with Gasteiger partial charge in [0.15, 0.2) is 0 Å². The van der Waals surface area contributed by atoms with Gasteiger partial charge < -0.3 is 10.2 Å². The maximum Gasteiger partial charge on any atom is 0.416 e. The van der Waals surface area contributed by atoms with E-state index >= 15 is 0 Å². The van der Waals surface area contributed by atoms with Gasteiger partial charge in [-0.05, 0) is 30.9 Å². The van der Waals surface area contributed by atoms with Crippen molar-refractivity contribution in [3.05, 3.63) is 35.4 Å². The molecule has 0 unspecified atom stereocenters. The Bertz CT molecular complexity index is 659. The number of carbonyl (C=O) groups excluding carboxylic acids is 2. The number of carbonyl (C=O) groups is 2. The second-order valence-corrected chi connectivity index (χ2v) is 6.58. The quantitative estimate of drug-likeness (QED) is 0.899. The molecule has 1 aromatic rings. The number of nitrogens with one attached hydrogen (secondary N) is 1. The van der Waals surface area contributed by atoms with Crippen molar-refractivity contribution in [2.45, 2.75) is 31.9 Å². The molecule has 1 N–H and O–H groups in total. The van der Waals surface area contributed by atoms with Crippen LogP contribution in [0.5, 0.6) is 0 Å². The number of likely N-dealkylation sites (tertiary alicyclic amines) is 1. The molecule has 2 saturated heterocycles. The van der Waals surface area contributed by atoms with Crippen LogP contribution in [0.3, 0.4) is 0 Å². The average molecular weight is 340 g/mol. The van der Waals surface area contributed by atoms with Crippen LogP contribution in [0.2, 0.25) is 0 Å². The minimum absolute atomic E-state index is 0.0110. The minimum atomic E-state index is -4.42. The Morgan fingerprint density at radius 2 is 2.08 bits per heavy atom. The molecular weight excluding hydrogens is 321 g/mol. The Morgan fingerprint density at radius 1 is 1.29 bits per heavy atom. The number of hydrogen-bond donors (Lipinski definition) is 1. The van der Waals surface area contributed by atoms with Gasteiger partial charge in [-0.25, -0.2) is 0 Å². The minimum Gasteiger partial charge on any atom is -0.356 e. The summed E-state index contributed by atoms with van der Waals surface area (Å²) in [4.78, 5) is 26.1. The number of amides is 2. The van der Waals surface area contributed by atoms with Crippen LogP contribution in [-0.4, -0.2) is 36.3 Å². The van der Waals surface area contributed by atoms with Gasteiger partial charge in [0, 0.05) is 19.6 Å². The highest BCUT2D eigenvalue weighted by Gasteiger charge is 2.46. The van der Waals surface area contributed by atoms with Crippen molar-refractivity contribution in [2.24, 2.45) is 5.41 Å². The number of hydrogen-bond acceptors (Lipinski definition) is 2. The van der Waals surface area contributed by atoms with Crippen molar-refractivity contribution < 1.29 is 22.8 Å². The van der Waals surface area contributed by atoms with Gasteiger partial charge in [0.2, 0.25) is 11.8 Å². The summed E-state index contributed by atoms with van der Waals surface area (Å²) in [6, 6.07) is 4.83. The highest BCUT2D eigenvalue weighted by Crippen LogP contribution is 2.37. The van der Waals surface area contributed by atoms with E-state index in [1.807, 2.05) is 0 Å². The highest BCUT2D eigenvalue weighted by atomic mass is 19.4. The van der Waals surface area contributed by atoms with Crippen molar-refractivity contribution in [1.29, 1.82) is 0 Å². The van der Waals surface area contributed by atoms with Gasteiger partial charge in [-0.15, -0.1) is 0 Å². The van der Waals surface area contributed by atoms with Gasteiger partial charge in [0.25, 0.3) is 0 Å². The summed E-state index contributed by atoms with van der Waals surface area (Å²) in [5.41, 5.74) is -0.928. The zero-order valence-corrected chi connectivity index (χ0v) is 13.2. The van der Waals surface area contributed by atoms with E-state index in [4.69, 9.17) is 0 Å². The smallest absolute Gasteiger partial charge is 0.356 e. The summed E-state index contributed by atoms with van der Waals surface area (Å²) < 4.78 is 38.2. The first-order chi connectivity index (χ1) is 11.3. The lowest BCUT2D eigenvalue weighted by Crippen LogP contribution is -2.48. The first-order valence-corrected chi connectivity index (χ1v) is 8.02. The van der Waals surface area contributed by atoms with Crippen LogP contribution < -0.4 is 5.32 Å². The molecule has 3 rings (SSSR count).